The number of nitrogens with one attached hydrogen (secondary N) is 1. The van der Waals surface area contributed by atoms with Gasteiger partial charge in [-0.05, 0) is 36.4 Å². The molecule has 2 aromatic carbocycles. The molecule has 0 radical (unpaired) electrons. The van der Waals surface area contributed by atoms with Gasteiger partial charge in [-0.3, -0.25) is 10.1 Å². The number of benzene rings is 2. The van der Waals surface area contributed by atoms with E-state index in [-0.39, 0.29) is 16.9 Å². The number of halogens is 1. The fraction of sp³-hybridized carbons (Fsp3) is 0.0625. The first kappa shape index (κ1) is 15.9. The van der Waals surface area contributed by atoms with Gasteiger partial charge in [-0.15, -0.1) is 0 Å². The first-order valence-corrected chi connectivity index (χ1v) is 7.58. The number of ether oxygens (including phenoxy) is 1. The smallest absolute Gasteiger partial charge is 0.335 e. The zero-order valence-corrected chi connectivity index (χ0v) is 13.2. The predicted octanol–water partition coefficient (Wildman–Crippen LogP) is 3.39. The van der Waals surface area contributed by atoms with Gasteiger partial charge in [0.1, 0.15) is 0 Å². The van der Waals surface area contributed by atoms with Crippen LogP contribution in [0.1, 0.15) is 20.7 Å². The number of anilines is 1. The Morgan fingerprint density at radius 3 is 2.67 bits per heavy atom. The van der Waals surface area contributed by atoms with Crippen molar-refractivity contribution < 1.29 is 23.8 Å². The number of methoxy groups -OCH3 is 1. The number of carboxylic acid groups (broad SMARTS) is 1. The van der Waals surface area contributed by atoms with Crippen molar-refractivity contribution in [1.82, 2.24) is 4.98 Å². The minimum absolute atomic E-state index is 0.0296. The van der Waals surface area contributed by atoms with Gasteiger partial charge in [0.15, 0.2) is 16.7 Å². The van der Waals surface area contributed by atoms with Crippen LogP contribution in [0.15, 0.2) is 36.4 Å². The van der Waals surface area contributed by atoms with E-state index >= 15 is 0 Å². The van der Waals surface area contributed by atoms with Crippen molar-refractivity contribution in [2.24, 2.45) is 0 Å². The van der Waals surface area contributed by atoms with Gasteiger partial charge in [-0.1, -0.05) is 11.3 Å². The maximum atomic E-state index is 13.4. The lowest BCUT2D eigenvalue weighted by Crippen LogP contribution is -2.11. The van der Waals surface area contributed by atoms with Gasteiger partial charge in [0.05, 0.1) is 22.9 Å². The van der Waals surface area contributed by atoms with Gasteiger partial charge in [0.2, 0.25) is 0 Å². The lowest BCUT2D eigenvalue weighted by molar-refractivity contribution is 0.0697. The summed E-state index contributed by atoms with van der Waals surface area (Å²) in [6, 6.07) is 8.29. The number of thiazole rings is 1. The summed E-state index contributed by atoms with van der Waals surface area (Å²) in [5, 5.41) is 11.9. The minimum Gasteiger partial charge on any atom is -0.494 e. The molecule has 0 aliphatic rings. The molecule has 2 N–H and O–H groups in total. The summed E-state index contributed by atoms with van der Waals surface area (Å²) < 4.78 is 18.9. The standard InChI is InChI=1S/C16H11FN2O4S/c1-23-12-6-8(2-4-10(12)17)14(20)19-16-18-11-5-3-9(15(21)22)7-13(11)24-16/h2-7H,1H3,(H,21,22)(H,18,19,20). The van der Waals surface area contributed by atoms with Gasteiger partial charge >= 0.3 is 5.97 Å². The molecule has 24 heavy (non-hydrogen) atoms. The van der Waals surface area contributed by atoms with Gasteiger partial charge in [0, 0.05) is 5.56 Å². The topological polar surface area (TPSA) is 88.5 Å². The highest BCUT2D eigenvalue weighted by atomic mass is 32.1. The zero-order valence-electron chi connectivity index (χ0n) is 12.4. The Morgan fingerprint density at radius 1 is 1.21 bits per heavy atom. The molecule has 1 heterocycles. The van der Waals surface area contributed by atoms with Crippen LogP contribution in [-0.4, -0.2) is 29.1 Å². The monoisotopic (exact) mass is 346 g/mol. The fourth-order valence-electron chi connectivity index (χ4n) is 2.08. The number of amides is 1. The SMILES string of the molecule is COc1cc(C(=O)Nc2nc3ccc(C(=O)O)cc3s2)ccc1F. The normalized spacial score (nSPS) is 10.6. The third kappa shape index (κ3) is 3.04. The Bertz CT molecular complexity index is 954. The number of hydrogen-bond acceptors (Lipinski definition) is 5. The van der Waals surface area contributed by atoms with Crippen LogP contribution in [0.3, 0.4) is 0 Å². The van der Waals surface area contributed by atoms with Gasteiger partial charge in [-0.2, -0.15) is 0 Å². The van der Waals surface area contributed by atoms with Gasteiger partial charge in [0.25, 0.3) is 5.91 Å². The number of hydrogen-bond donors (Lipinski definition) is 2. The van der Waals surface area contributed by atoms with Crippen molar-refractivity contribution in [3.63, 3.8) is 0 Å². The summed E-state index contributed by atoms with van der Waals surface area (Å²) in [5.74, 6) is -2.09. The van der Waals surface area contributed by atoms with Crippen LogP contribution < -0.4 is 10.1 Å². The Kier molecular flexibility index (Phi) is 4.13. The fourth-order valence-corrected chi connectivity index (χ4v) is 2.98. The summed E-state index contributed by atoms with van der Waals surface area (Å²) in [4.78, 5) is 27.4. The molecule has 0 spiro atoms. The lowest BCUT2D eigenvalue weighted by Gasteiger charge is -2.05. The van der Waals surface area contributed by atoms with Crippen molar-refractivity contribution in [2.75, 3.05) is 12.4 Å². The molecule has 0 bridgehead atoms. The Labute approximate surface area is 139 Å². The van der Waals surface area contributed by atoms with E-state index in [1.54, 1.807) is 6.07 Å². The molecule has 0 saturated heterocycles. The number of aromatic carboxylic acids is 1. The van der Waals surface area contributed by atoms with E-state index in [2.05, 4.69) is 10.3 Å². The van der Waals surface area contributed by atoms with Crippen molar-refractivity contribution in [1.29, 1.82) is 0 Å². The Morgan fingerprint density at radius 2 is 1.96 bits per heavy atom. The van der Waals surface area contributed by atoms with E-state index in [0.29, 0.717) is 15.3 Å². The minimum atomic E-state index is -1.03. The summed E-state index contributed by atoms with van der Waals surface area (Å²) >= 11 is 1.15. The summed E-state index contributed by atoms with van der Waals surface area (Å²) in [5.41, 5.74) is 0.947. The van der Waals surface area contributed by atoms with Crippen LogP contribution in [0.2, 0.25) is 0 Å². The Hall–Kier alpha value is -3.00. The first-order chi connectivity index (χ1) is 11.5. The maximum Gasteiger partial charge on any atom is 0.335 e. The van der Waals surface area contributed by atoms with Crippen molar-refractivity contribution in [2.45, 2.75) is 0 Å². The van der Waals surface area contributed by atoms with Crippen LogP contribution in [-0.2, 0) is 0 Å². The van der Waals surface area contributed by atoms with Crippen LogP contribution in [0.25, 0.3) is 10.2 Å². The van der Waals surface area contributed by atoms with E-state index in [1.807, 2.05) is 0 Å². The van der Waals surface area contributed by atoms with Crippen molar-refractivity contribution in [3.8, 4) is 5.75 Å². The van der Waals surface area contributed by atoms with Crippen LogP contribution in [0.5, 0.6) is 5.75 Å². The number of carboxylic acids is 1. The number of fused-ring (bicyclic) bond motifs is 1. The number of carbonyl (C=O) groups is 2. The van der Waals surface area contributed by atoms with Gasteiger partial charge < -0.3 is 9.84 Å². The van der Waals surface area contributed by atoms with Crippen LogP contribution >= 0.6 is 11.3 Å². The van der Waals surface area contributed by atoms with E-state index in [4.69, 9.17) is 9.84 Å². The van der Waals surface area contributed by atoms with E-state index in [0.717, 1.165) is 17.4 Å². The summed E-state index contributed by atoms with van der Waals surface area (Å²) in [6.07, 6.45) is 0. The number of rotatable bonds is 4. The molecule has 0 aliphatic carbocycles. The molecule has 0 atom stereocenters. The molecule has 1 aromatic heterocycles. The average molecular weight is 346 g/mol. The molecule has 0 fully saturated rings. The first-order valence-electron chi connectivity index (χ1n) is 6.76. The molecule has 8 heteroatoms. The molecule has 6 nitrogen and oxygen atoms in total. The second-order valence-corrected chi connectivity index (χ2v) is 5.84. The molecule has 1 amide bonds. The molecule has 3 rings (SSSR count). The quantitative estimate of drug-likeness (QED) is 0.756. The molecule has 0 unspecified atom stereocenters. The summed E-state index contributed by atoms with van der Waals surface area (Å²) in [7, 11) is 1.31. The lowest BCUT2D eigenvalue weighted by atomic mass is 10.2. The van der Waals surface area contributed by atoms with Crippen molar-refractivity contribution >= 4 is 38.6 Å². The van der Waals surface area contributed by atoms with E-state index in [1.165, 1.54) is 31.4 Å². The summed E-state index contributed by atoms with van der Waals surface area (Å²) in [6.45, 7) is 0. The second-order valence-electron chi connectivity index (χ2n) is 4.81. The zero-order chi connectivity index (χ0) is 17.3. The van der Waals surface area contributed by atoms with Gasteiger partial charge in [-0.25, -0.2) is 14.2 Å². The van der Waals surface area contributed by atoms with E-state index in [9.17, 15) is 14.0 Å². The highest BCUT2D eigenvalue weighted by molar-refractivity contribution is 7.22. The molecular weight excluding hydrogens is 335 g/mol. The second kappa shape index (κ2) is 6.25. The molecule has 3 aromatic rings. The third-order valence-corrected chi connectivity index (χ3v) is 4.20. The highest BCUT2D eigenvalue weighted by Crippen LogP contribution is 2.27. The van der Waals surface area contributed by atoms with Crippen LogP contribution in [0.4, 0.5) is 9.52 Å². The molecular formula is C16H11FN2O4S. The third-order valence-electron chi connectivity index (χ3n) is 3.27. The van der Waals surface area contributed by atoms with Crippen molar-refractivity contribution in [3.05, 3.63) is 53.3 Å². The largest absolute Gasteiger partial charge is 0.494 e. The number of carbonyl (C=O) groups excluding carboxylic acids is 1. The predicted molar refractivity (Wildman–Crippen MR) is 87.5 cm³/mol. The van der Waals surface area contributed by atoms with E-state index < -0.39 is 17.7 Å². The number of nitrogens with zero attached hydrogens (tertiary/aromatic N) is 1. The maximum absolute atomic E-state index is 13.4. The Balaban J connectivity index is 1.86. The highest BCUT2D eigenvalue weighted by Gasteiger charge is 2.13. The number of aromatic nitrogens is 1. The molecule has 122 valence electrons. The molecule has 0 saturated carbocycles. The van der Waals surface area contributed by atoms with Crippen LogP contribution in [0, 0.1) is 5.82 Å². The molecule has 0 aliphatic heterocycles. The average Bonchev–Trinajstić information content (AvgIpc) is 2.96.